The number of carbonyl (C=O) groups excluding carboxylic acids is 1. The van der Waals surface area contributed by atoms with Crippen LogP contribution in [0.4, 0.5) is 0 Å². The molecular weight excluding hydrogens is 302 g/mol. The van der Waals surface area contributed by atoms with E-state index in [1.54, 1.807) is 0 Å². The van der Waals surface area contributed by atoms with Gasteiger partial charge >= 0.3 is 0 Å². The van der Waals surface area contributed by atoms with Gasteiger partial charge in [-0.1, -0.05) is 18.2 Å². The van der Waals surface area contributed by atoms with E-state index in [1.807, 2.05) is 35.9 Å². The van der Waals surface area contributed by atoms with Crippen molar-refractivity contribution >= 4 is 5.91 Å². The van der Waals surface area contributed by atoms with Crippen molar-refractivity contribution in [1.82, 2.24) is 15.1 Å². The van der Waals surface area contributed by atoms with Crippen molar-refractivity contribution in [3.8, 4) is 18.0 Å². The van der Waals surface area contributed by atoms with Crippen molar-refractivity contribution in [1.29, 1.82) is 0 Å². The predicted octanol–water partition coefficient (Wildman–Crippen LogP) is 1.78. The quantitative estimate of drug-likeness (QED) is 0.824. The van der Waals surface area contributed by atoms with Crippen LogP contribution in [0.3, 0.4) is 0 Å². The highest BCUT2D eigenvalue weighted by molar-refractivity contribution is 5.94. The summed E-state index contributed by atoms with van der Waals surface area (Å²) in [7, 11) is 0. The summed E-state index contributed by atoms with van der Waals surface area (Å²) in [5.74, 6) is 2.20. The summed E-state index contributed by atoms with van der Waals surface area (Å²) < 4.78 is 1.89. The van der Waals surface area contributed by atoms with Crippen LogP contribution in [0, 0.1) is 19.3 Å². The van der Waals surface area contributed by atoms with E-state index in [-0.39, 0.29) is 12.5 Å². The molecule has 0 saturated carbocycles. The van der Waals surface area contributed by atoms with Crippen molar-refractivity contribution in [2.75, 3.05) is 6.61 Å². The van der Waals surface area contributed by atoms with Gasteiger partial charge in [0.15, 0.2) is 5.69 Å². The summed E-state index contributed by atoms with van der Waals surface area (Å²) in [6.45, 7) is 1.85. The Morgan fingerprint density at radius 1 is 1.46 bits per heavy atom. The number of para-hydroxylation sites is 1. The molecule has 2 aromatic rings. The SMILES string of the molecule is C#CC[C@@H](CO)NC(=O)c1nn(-c2ccccc2C)c2c1CCC2. The van der Waals surface area contributed by atoms with E-state index in [1.165, 1.54) is 0 Å². The molecule has 1 aliphatic carbocycles. The number of terminal acetylenes is 1. The van der Waals surface area contributed by atoms with Gasteiger partial charge in [-0.05, 0) is 37.8 Å². The standard InChI is InChI=1S/C19H21N3O2/c1-3-7-14(12-23)20-19(24)18-15-9-6-11-17(15)22(21-18)16-10-5-4-8-13(16)2/h1,4-5,8,10,14,23H,6-7,9,11-12H2,2H3,(H,20,24)/t14-/m0/s1. The number of carbonyl (C=O) groups is 1. The van der Waals surface area contributed by atoms with Crippen molar-refractivity contribution in [2.24, 2.45) is 0 Å². The van der Waals surface area contributed by atoms with Gasteiger partial charge in [-0.25, -0.2) is 4.68 Å². The minimum Gasteiger partial charge on any atom is -0.394 e. The Morgan fingerprint density at radius 3 is 2.96 bits per heavy atom. The first kappa shape index (κ1) is 16.3. The smallest absolute Gasteiger partial charge is 0.272 e. The van der Waals surface area contributed by atoms with E-state index < -0.39 is 6.04 Å². The number of benzene rings is 1. The van der Waals surface area contributed by atoms with Crippen LogP contribution in [-0.4, -0.2) is 33.4 Å². The maximum atomic E-state index is 12.6. The summed E-state index contributed by atoms with van der Waals surface area (Å²) in [5, 5.41) is 16.7. The van der Waals surface area contributed by atoms with Gasteiger partial charge in [0, 0.05) is 17.7 Å². The molecule has 1 atom stereocenters. The molecule has 1 heterocycles. The van der Waals surface area contributed by atoms with Gasteiger partial charge in [0.25, 0.3) is 5.91 Å². The highest BCUT2D eigenvalue weighted by Gasteiger charge is 2.28. The molecule has 0 spiro atoms. The minimum absolute atomic E-state index is 0.184. The molecule has 1 aromatic carbocycles. The molecule has 0 aliphatic heterocycles. The Kier molecular flexibility index (Phi) is 4.68. The van der Waals surface area contributed by atoms with Crippen LogP contribution in [0.15, 0.2) is 24.3 Å². The average molecular weight is 323 g/mol. The number of aryl methyl sites for hydroxylation is 1. The van der Waals surface area contributed by atoms with E-state index >= 15 is 0 Å². The maximum absolute atomic E-state index is 12.6. The first-order valence-corrected chi connectivity index (χ1v) is 8.17. The zero-order valence-electron chi connectivity index (χ0n) is 13.7. The molecular formula is C19H21N3O2. The molecule has 2 N–H and O–H groups in total. The van der Waals surface area contributed by atoms with Crippen LogP contribution in [0.1, 0.15) is 40.2 Å². The number of fused-ring (bicyclic) bond motifs is 1. The summed E-state index contributed by atoms with van der Waals surface area (Å²) in [6.07, 6.45) is 8.35. The Hall–Kier alpha value is -2.58. The number of rotatable bonds is 5. The fourth-order valence-corrected chi connectivity index (χ4v) is 3.18. The zero-order chi connectivity index (χ0) is 17.1. The summed E-state index contributed by atoms with van der Waals surface area (Å²) in [6, 6.07) is 7.56. The van der Waals surface area contributed by atoms with Crippen molar-refractivity contribution in [3.63, 3.8) is 0 Å². The number of aliphatic hydroxyl groups is 1. The predicted molar refractivity (Wildman–Crippen MR) is 92.1 cm³/mol. The topological polar surface area (TPSA) is 67.2 Å². The van der Waals surface area contributed by atoms with Crippen LogP contribution in [0.2, 0.25) is 0 Å². The van der Waals surface area contributed by atoms with E-state index in [0.29, 0.717) is 12.1 Å². The Bertz CT molecular complexity index is 801. The lowest BCUT2D eigenvalue weighted by atomic mass is 10.1. The molecule has 1 aliphatic rings. The van der Waals surface area contributed by atoms with E-state index in [0.717, 1.165) is 41.8 Å². The number of hydrogen-bond acceptors (Lipinski definition) is 3. The average Bonchev–Trinajstić information content (AvgIpc) is 3.17. The molecule has 3 rings (SSSR count). The second-order valence-electron chi connectivity index (χ2n) is 6.09. The first-order chi connectivity index (χ1) is 11.7. The monoisotopic (exact) mass is 323 g/mol. The van der Waals surface area contributed by atoms with Crippen molar-refractivity contribution < 1.29 is 9.90 Å². The molecule has 1 aromatic heterocycles. The molecule has 0 saturated heterocycles. The summed E-state index contributed by atoms with van der Waals surface area (Å²) in [4.78, 5) is 12.6. The van der Waals surface area contributed by atoms with Gasteiger partial charge in [-0.3, -0.25) is 4.79 Å². The first-order valence-electron chi connectivity index (χ1n) is 8.17. The van der Waals surface area contributed by atoms with Gasteiger partial charge in [0.05, 0.1) is 18.3 Å². The number of hydrogen-bond donors (Lipinski definition) is 2. The lowest BCUT2D eigenvalue weighted by Gasteiger charge is -2.12. The normalized spacial score (nSPS) is 14.0. The molecule has 0 unspecified atom stereocenters. The number of aromatic nitrogens is 2. The molecule has 124 valence electrons. The van der Waals surface area contributed by atoms with Gasteiger partial charge < -0.3 is 10.4 Å². The highest BCUT2D eigenvalue weighted by atomic mass is 16.3. The largest absolute Gasteiger partial charge is 0.394 e. The van der Waals surface area contributed by atoms with E-state index in [2.05, 4.69) is 16.3 Å². The molecule has 5 heteroatoms. The van der Waals surface area contributed by atoms with Crippen LogP contribution in [0.25, 0.3) is 5.69 Å². The zero-order valence-corrected chi connectivity index (χ0v) is 13.7. The number of nitrogens with one attached hydrogen (secondary N) is 1. The minimum atomic E-state index is -0.442. The number of amides is 1. The van der Waals surface area contributed by atoms with Gasteiger partial charge in [-0.15, -0.1) is 12.3 Å². The Labute approximate surface area is 141 Å². The van der Waals surface area contributed by atoms with Crippen molar-refractivity contribution in [2.45, 2.75) is 38.6 Å². The third-order valence-electron chi connectivity index (χ3n) is 4.41. The molecule has 0 radical (unpaired) electrons. The fraction of sp³-hybridized carbons (Fsp3) is 0.368. The van der Waals surface area contributed by atoms with Crippen molar-refractivity contribution in [3.05, 3.63) is 46.8 Å². The maximum Gasteiger partial charge on any atom is 0.272 e. The van der Waals surface area contributed by atoms with Crippen LogP contribution < -0.4 is 5.32 Å². The fourth-order valence-electron chi connectivity index (χ4n) is 3.18. The second-order valence-corrected chi connectivity index (χ2v) is 6.09. The van der Waals surface area contributed by atoms with Crippen LogP contribution >= 0.6 is 0 Å². The molecule has 24 heavy (non-hydrogen) atoms. The van der Waals surface area contributed by atoms with Crippen LogP contribution in [-0.2, 0) is 12.8 Å². The second kappa shape index (κ2) is 6.90. The van der Waals surface area contributed by atoms with E-state index in [9.17, 15) is 9.90 Å². The van der Waals surface area contributed by atoms with Gasteiger partial charge in [-0.2, -0.15) is 5.10 Å². The Morgan fingerprint density at radius 2 is 2.25 bits per heavy atom. The molecule has 5 nitrogen and oxygen atoms in total. The lowest BCUT2D eigenvalue weighted by Crippen LogP contribution is -2.37. The highest BCUT2D eigenvalue weighted by Crippen LogP contribution is 2.28. The van der Waals surface area contributed by atoms with Gasteiger partial charge in [0.1, 0.15) is 0 Å². The third kappa shape index (κ3) is 2.93. The Balaban J connectivity index is 1.96. The van der Waals surface area contributed by atoms with E-state index in [4.69, 9.17) is 6.42 Å². The lowest BCUT2D eigenvalue weighted by molar-refractivity contribution is 0.0911. The van der Waals surface area contributed by atoms with Crippen LogP contribution in [0.5, 0.6) is 0 Å². The molecule has 1 amide bonds. The number of aliphatic hydroxyl groups excluding tert-OH is 1. The molecule has 0 bridgehead atoms. The molecule has 0 fully saturated rings. The summed E-state index contributed by atoms with van der Waals surface area (Å²) in [5.41, 5.74) is 4.67. The summed E-state index contributed by atoms with van der Waals surface area (Å²) >= 11 is 0. The van der Waals surface area contributed by atoms with Gasteiger partial charge in [0.2, 0.25) is 0 Å². The number of nitrogens with zero attached hydrogens (tertiary/aromatic N) is 2. The third-order valence-corrected chi connectivity index (χ3v) is 4.41.